The summed E-state index contributed by atoms with van der Waals surface area (Å²) in [5.41, 5.74) is 0. The second kappa shape index (κ2) is 9.61. The van der Waals surface area contributed by atoms with Gasteiger partial charge in [0.25, 0.3) is 0 Å². The summed E-state index contributed by atoms with van der Waals surface area (Å²) in [6.07, 6.45) is 1.19. The highest BCUT2D eigenvalue weighted by molar-refractivity contribution is 4.97. The molecule has 0 unspecified atom stereocenters. The standard InChI is InChI=1S/C12H24N4/c1-2-3-10-16-11-9-14-8-7-13-5-4-6-15-12-16/h13-15H,4-12H2,1H3. The molecule has 4 heteroatoms. The van der Waals surface area contributed by atoms with Crippen LogP contribution in [0.25, 0.3) is 0 Å². The van der Waals surface area contributed by atoms with Gasteiger partial charge in [-0.25, -0.2) is 0 Å². The molecule has 0 amide bonds. The lowest BCUT2D eigenvalue weighted by Crippen LogP contribution is -2.41. The van der Waals surface area contributed by atoms with Crippen LogP contribution in [-0.4, -0.2) is 57.4 Å². The van der Waals surface area contributed by atoms with Crippen LogP contribution >= 0.6 is 0 Å². The van der Waals surface area contributed by atoms with E-state index in [1.165, 1.54) is 6.42 Å². The van der Waals surface area contributed by atoms with Crippen molar-refractivity contribution in [3.63, 3.8) is 0 Å². The molecule has 92 valence electrons. The van der Waals surface area contributed by atoms with Crippen LogP contribution in [0, 0.1) is 11.8 Å². The first-order valence-electron chi connectivity index (χ1n) is 6.17. The van der Waals surface area contributed by atoms with Crippen molar-refractivity contribution in [2.24, 2.45) is 0 Å². The van der Waals surface area contributed by atoms with Crippen LogP contribution in [0.3, 0.4) is 0 Å². The van der Waals surface area contributed by atoms with Gasteiger partial charge in [-0.3, -0.25) is 4.90 Å². The molecule has 0 saturated carbocycles. The average molecular weight is 224 g/mol. The second-order valence-electron chi connectivity index (χ2n) is 3.99. The van der Waals surface area contributed by atoms with Gasteiger partial charge in [0.1, 0.15) is 0 Å². The van der Waals surface area contributed by atoms with E-state index in [4.69, 9.17) is 0 Å². The molecule has 0 atom stereocenters. The zero-order valence-electron chi connectivity index (χ0n) is 10.3. The molecule has 1 aliphatic heterocycles. The van der Waals surface area contributed by atoms with Crippen molar-refractivity contribution in [3.05, 3.63) is 0 Å². The molecule has 0 bridgehead atoms. The highest BCUT2D eigenvalue weighted by Crippen LogP contribution is 1.85. The molecule has 0 spiro atoms. The van der Waals surface area contributed by atoms with Crippen LogP contribution in [0.4, 0.5) is 0 Å². The molecule has 1 rings (SSSR count). The van der Waals surface area contributed by atoms with Gasteiger partial charge in [-0.15, -0.1) is 5.92 Å². The first kappa shape index (κ1) is 13.5. The fourth-order valence-corrected chi connectivity index (χ4v) is 1.64. The Morgan fingerprint density at radius 1 is 1.00 bits per heavy atom. The summed E-state index contributed by atoms with van der Waals surface area (Å²) in [6, 6.07) is 0. The Kier molecular flexibility index (Phi) is 8.09. The minimum Gasteiger partial charge on any atom is -0.315 e. The number of hydrogen-bond acceptors (Lipinski definition) is 4. The van der Waals surface area contributed by atoms with Crippen molar-refractivity contribution in [1.29, 1.82) is 0 Å². The van der Waals surface area contributed by atoms with Crippen molar-refractivity contribution < 1.29 is 0 Å². The normalized spacial score (nSPS) is 21.3. The van der Waals surface area contributed by atoms with E-state index >= 15 is 0 Å². The van der Waals surface area contributed by atoms with Crippen LogP contribution < -0.4 is 16.0 Å². The summed E-state index contributed by atoms with van der Waals surface area (Å²) in [5.74, 6) is 6.08. The largest absolute Gasteiger partial charge is 0.315 e. The molecular formula is C12H24N4. The van der Waals surface area contributed by atoms with Crippen LogP contribution in [-0.2, 0) is 0 Å². The second-order valence-corrected chi connectivity index (χ2v) is 3.99. The SMILES string of the molecule is CC#CCN1CCNCCNCCCNC1. The summed E-state index contributed by atoms with van der Waals surface area (Å²) in [4.78, 5) is 2.35. The van der Waals surface area contributed by atoms with E-state index in [-0.39, 0.29) is 0 Å². The molecule has 1 fully saturated rings. The summed E-state index contributed by atoms with van der Waals surface area (Å²) in [5, 5.41) is 10.3. The van der Waals surface area contributed by atoms with Gasteiger partial charge in [-0.1, -0.05) is 5.92 Å². The Labute approximate surface area is 99.2 Å². The number of nitrogens with one attached hydrogen (secondary N) is 3. The van der Waals surface area contributed by atoms with E-state index in [1.54, 1.807) is 0 Å². The first-order valence-corrected chi connectivity index (χ1v) is 6.17. The molecule has 1 saturated heterocycles. The van der Waals surface area contributed by atoms with Crippen molar-refractivity contribution in [1.82, 2.24) is 20.9 Å². The molecule has 4 nitrogen and oxygen atoms in total. The lowest BCUT2D eigenvalue weighted by Gasteiger charge is -2.21. The Balaban J connectivity index is 2.26. The summed E-state index contributed by atoms with van der Waals surface area (Å²) >= 11 is 0. The molecule has 0 radical (unpaired) electrons. The summed E-state index contributed by atoms with van der Waals surface area (Å²) in [7, 11) is 0. The van der Waals surface area contributed by atoms with Crippen LogP contribution in [0.15, 0.2) is 0 Å². The quantitative estimate of drug-likeness (QED) is 0.522. The maximum absolute atomic E-state index is 3.45. The lowest BCUT2D eigenvalue weighted by molar-refractivity contribution is 0.279. The average Bonchev–Trinajstić information content (AvgIpc) is 2.28. The number of nitrogens with zero attached hydrogens (tertiary/aromatic N) is 1. The fraction of sp³-hybridized carbons (Fsp3) is 0.833. The molecule has 0 aromatic rings. The first-order chi connectivity index (χ1) is 7.93. The minimum absolute atomic E-state index is 0.865. The highest BCUT2D eigenvalue weighted by Gasteiger charge is 2.02. The third kappa shape index (κ3) is 6.81. The van der Waals surface area contributed by atoms with Crippen LogP contribution in [0.2, 0.25) is 0 Å². The number of hydrogen-bond donors (Lipinski definition) is 3. The highest BCUT2D eigenvalue weighted by atomic mass is 15.2. The topological polar surface area (TPSA) is 39.3 Å². The van der Waals surface area contributed by atoms with Gasteiger partial charge < -0.3 is 16.0 Å². The Hall–Kier alpha value is -0.600. The molecule has 1 aliphatic rings. The van der Waals surface area contributed by atoms with Gasteiger partial charge in [0.2, 0.25) is 0 Å². The Morgan fingerprint density at radius 3 is 2.56 bits per heavy atom. The maximum Gasteiger partial charge on any atom is 0.0613 e. The molecule has 0 aliphatic carbocycles. The van der Waals surface area contributed by atoms with Crippen molar-refractivity contribution in [3.8, 4) is 11.8 Å². The zero-order valence-corrected chi connectivity index (χ0v) is 10.3. The molecule has 1 heterocycles. The lowest BCUT2D eigenvalue weighted by atomic mass is 10.4. The van der Waals surface area contributed by atoms with Crippen molar-refractivity contribution in [2.75, 3.05) is 52.5 Å². The third-order valence-electron chi connectivity index (χ3n) is 2.61. The predicted molar refractivity (Wildman–Crippen MR) is 68.2 cm³/mol. The summed E-state index contributed by atoms with van der Waals surface area (Å²) in [6.45, 7) is 10.1. The third-order valence-corrected chi connectivity index (χ3v) is 2.61. The van der Waals surface area contributed by atoms with Gasteiger partial charge in [0.15, 0.2) is 0 Å². The van der Waals surface area contributed by atoms with Crippen molar-refractivity contribution in [2.45, 2.75) is 13.3 Å². The van der Waals surface area contributed by atoms with Gasteiger partial charge in [-0.05, 0) is 26.4 Å². The molecule has 3 N–H and O–H groups in total. The van der Waals surface area contributed by atoms with Gasteiger partial charge in [-0.2, -0.15) is 0 Å². The Morgan fingerprint density at radius 2 is 1.75 bits per heavy atom. The van der Waals surface area contributed by atoms with E-state index < -0.39 is 0 Å². The molecule has 0 aromatic heterocycles. The Bertz CT molecular complexity index is 207. The van der Waals surface area contributed by atoms with E-state index in [9.17, 15) is 0 Å². The summed E-state index contributed by atoms with van der Waals surface area (Å²) < 4.78 is 0. The van der Waals surface area contributed by atoms with Gasteiger partial charge in [0.05, 0.1) is 6.54 Å². The number of rotatable bonds is 1. The molecular weight excluding hydrogens is 200 g/mol. The van der Waals surface area contributed by atoms with Gasteiger partial charge >= 0.3 is 0 Å². The van der Waals surface area contributed by atoms with Gasteiger partial charge in [0, 0.05) is 32.8 Å². The van der Waals surface area contributed by atoms with E-state index in [0.29, 0.717) is 0 Å². The molecule has 16 heavy (non-hydrogen) atoms. The van der Waals surface area contributed by atoms with Crippen LogP contribution in [0.1, 0.15) is 13.3 Å². The minimum atomic E-state index is 0.865. The predicted octanol–water partition coefficient (Wildman–Crippen LogP) is -0.558. The van der Waals surface area contributed by atoms with E-state index in [0.717, 1.165) is 52.5 Å². The van der Waals surface area contributed by atoms with E-state index in [1.807, 2.05) is 6.92 Å². The van der Waals surface area contributed by atoms with E-state index in [2.05, 4.69) is 32.7 Å². The maximum atomic E-state index is 3.45. The zero-order chi connectivity index (χ0) is 11.5. The van der Waals surface area contributed by atoms with Crippen molar-refractivity contribution >= 4 is 0 Å². The van der Waals surface area contributed by atoms with Crippen LogP contribution in [0.5, 0.6) is 0 Å². The smallest absolute Gasteiger partial charge is 0.0613 e. The fourth-order valence-electron chi connectivity index (χ4n) is 1.64. The molecule has 0 aromatic carbocycles. The monoisotopic (exact) mass is 224 g/mol.